The minimum absolute atomic E-state index is 0.149. The monoisotopic (exact) mass is 461 g/mol. The van der Waals surface area contributed by atoms with Crippen molar-refractivity contribution in [3.63, 3.8) is 0 Å². The van der Waals surface area contributed by atoms with Crippen LogP contribution in [0.2, 0.25) is 0 Å². The fourth-order valence-electron chi connectivity index (χ4n) is 4.03. The quantitative estimate of drug-likeness (QED) is 0.214. The number of nitrogens with zero attached hydrogens (tertiary/aromatic N) is 1. The largest absolute Gasteiger partial charge is 0.399 e. The molecule has 0 spiro atoms. The van der Waals surface area contributed by atoms with Crippen molar-refractivity contribution < 1.29 is 18.3 Å². The molecule has 0 atom stereocenters. The topological polar surface area (TPSA) is 160 Å². The fourth-order valence-corrected chi connectivity index (χ4v) is 6.68. The van der Waals surface area contributed by atoms with Crippen LogP contribution in [0.1, 0.15) is 44.1 Å². The summed E-state index contributed by atoms with van der Waals surface area (Å²) in [6.45, 7) is 3.71. The van der Waals surface area contributed by atoms with Crippen LogP contribution in [0.25, 0.3) is 0 Å². The third-order valence-electron chi connectivity index (χ3n) is 5.78. The maximum atomic E-state index is 13.4. The molecule has 9 nitrogen and oxygen atoms in total. The fraction of sp³-hybridized carbons (Fsp3) is 0.455. The molecule has 0 aromatic heterocycles. The zero-order valence-corrected chi connectivity index (χ0v) is 18.8. The van der Waals surface area contributed by atoms with E-state index in [9.17, 15) is 13.2 Å². The van der Waals surface area contributed by atoms with Crippen LogP contribution in [-0.4, -0.2) is 48.5 Å². The summed E-state index contributed by atoms with van der Waals surface area (Å²) < 4.78 is 25.7. The first-order valence-corrected chi connectivity index (χ1v) is 12.2. The first-order chi connectivity index (χ1) is 15.2. The Bertz CT molecular complexity index is 1020. The molecular weight excluding hydrogens is 430 g/mol. The summed E-state index contributed by atoms with van der Waals surface area (Å²) in [6, 6.07) is 6.26. The second-order valence-corrected chi connectivity index (χ2v) is 10.8. The molecule has 3 rings (SSSR count). The summed E-state index contributed by atoms with van der Waals surface area (Å²) in [7, 11) is -3.43. The van der Waals surface area contributed by atoms with Crippen molar-refractivity contribution in [2.45, 2.75) is 48.5 Å². The molecule has 0 heterocycles. The molecule has 1 aromatic rings. The highest BCUT2D eigenvalue weighted by molar-refractivity contribution is 7.93. The molecule has 0 saturated heterocycles. The summed E-state index contributed by atoms with van der Waals surface area (Å²) in [5, 5.41) is 13.6. The minimum atomic E-state index is -3.43. The molecule has 2 aliphatic carbocycles. The number of carbonyl (C=O) groups excluding carboxylic acids is 1. The van der Waals surface area contributed by atoms with Gasteiger partial charge in [0.05, 0.1) is 17.6 Å². The molecule has 0 aliphatic heterocycles. The number of sulfone groups is 1. The second-order valence-electron chi connectivity index (χ2n) is 8.23. The number of amides is 2. The summed E-state index contributed by atoms with van der Waals surface area (Å²) >= 11 is 0. The van der Waals surface area contributed by atoms with E-state index in [1.165, 1.54) is 6.08 Å². The van der Waals surface area contributed by atoms with Gasteiger partial charge in [0.15, 0.2) is 9.84 Å². The molecule has 174 valence electrons. The van der Waals surface area contributed by atoms with Crippen molar-refractivity contribution in [2.75, 3.05) is 18.5 Å². The van der Waals surface area contributed by atoms with Gasteiger partial charge in [0.25, 0.3) is 0 Å². The van der Waals surface area contributed by atoms with E-state index in [1.807, 2.05) is 0 Å². The van der Waals surface area contributed by atoms with E-state index < -0.39 is 20.6 Å². The Hall–Kier alpha value is -2.85. The highest BCUT2D eigenvalue weighted by Crippen LogP contribution is 2.49. The highest BCUT2D eigenvalue weighted by Gasteiger charge is 2.55. The van der Waals surface area contributed by atoms with Crippen LogP contribution >= 0.6 is 0 Å². The number of hydrogen-bond donors (Lipinski definition) is 5. The predicted molar refractivity (Wildman–Crippen MR) is 126 cm³/mol. The number of nitrogens with two attached hydrogens (primary N) is 2. The Kier molecular flexibility index (Phi) is 7.25. The van der Waals surface area contributed by atoms with Gasteiger partial charge in [-0.25, -0.2) is 18.2 Å². The van der Waals surface area contributed by atoms with Crippen LogP contribution in [-0.2, 0) is 9.84 Å². The molecule has 2 fully saturated rings. The number of rotatable bonds is 9. The van der Waals surface area contributed by atoms with Gasteiger partial charge in [-0.05, 0) is 56.0 Å². The van der Waals surface area contributed by atoms with E-state index in [1.54, 1.807) is 24.3 Å². The van der Waals surface area contributed by atoms with Crippen LogP contribution in [0.4, 0.5) is 10.5 Å². The van der Waals surface area contributed by atoms with Gasteiger partial charge in [-0.2, -0.15) is 0 Å². The van der Waals surface area contributed by atoms with Gasteiger partial charge in [-0.3, -0.25) is 0 Å². The second kappa shape index (κ2) is 9.74. The van der Waals surface area contributed by atoms with Crippen molar-refractivity contribution in [1.82, 2.24) is 5.32 Å². The van der Waals surface area contributed by atoms with Crippen molar-refractivity contribution in [3.05, 3.63) is 53.9 Å². The number of carbonyl (C=O) groups is 1. The predicted octanol–water partition coefficient (Wildman–Crippen LogP) is 1.75. The number of benzene rings is 1. The van der Waals surface area contributed by atoms with E-state index >= 15 is 0 Å². The molecule has 0 unspecified atom stereocenters. The maximum Gasteiger partial charge on any atom is 0.319 e. The van der Waals surface area contributed by atoms with Gasteiger partial charge >= 0.3 is 6.03 Å². The third kappa shape index (κ3) is 5.13. The molecule has 2 aliphatic rings. The average molecular weight is 462 g/mol. The van der Waals surface area contributed by atoms with Crippen LogP contribution in [0.15, 0.2) is 53.3 Å². The lowest BCUT2D eigenvalue weighted by atomic mass is 10.0. The van der Waals surface area contributed by atoms with E-state index in [4.69, 9.17) is 16.6 Å². The first kappa shape index (κ1) is 23.8. The number of anilines is 1. The number of aliphatic imine (C=N–C) groups is 1. The Balaban J connectivity index is 1.88. The third-order valence-corrected chi connectivity index (χ3v) is 8.84. The molecular formula is C22H31N5O4S. The highest BCUT2D eigenvalue weighted by atomic mass is 32.2. The molecule has 32 heavy (non-hydrogen) atoms. The van der Waals surface area contributed by atoms with Crippen molar-refractivity contribution in [1.29, 1.82) is 0 Å². The minimum Gasteiger partial charge on any atom is -0.399 e. The molecule has 2 saturated carbocycles. The Morgan fingerprint density at radius 2 is 1.84 bits per heavy atom. The zero-order chi connectivity index (χ0) is 23.4. The summed E-state index contributed by atoms with van der Waals surface area (Å²) in [4.78, 5) is 16.3. The lowest BCUT2D eigenvalue weighted by Gasteiger charge is -2.30. The Labute approximate surface area is 188 Å². The number of aliphatic hydroxyl groups excluding tert-OH is 1. The number of urea groups is 1. The van der Waals surface area contributed by atoms with Gasteiger partial charge in [0, 0.05) is 23.5 Å². The Morgan fingerprint density at radius 1 is 1.22 bits per heavy atom. The number of amidine groups is 1. The summed E-state index contributed by atoms with van der Waals surface area (Å²) in [5.41, 5.74) is 13.8. The van der Waals surface area contributed by atoms with Crippen LogP contribution in [0, 0.1) is 0 Å². The van der Waals surface area contributed by atoms with Gasteiger partial charge in [0.1, 0.15) is 10.6 Å². The van der Waals surface area contributed by atoms with E-state index in [0.717, 1.165) is 12.8 Å². The van der Waals surface area contributed by atoms with E-state index in [2.05, 4.69) is 22.2 Å². The summed E-state index contributed by atoms with van der Waals surface area (Å²) in [6.07, 6.45) is 5.48. The molecule has 0 radical (unpaired) electrons. The lowest BCUT2D eigenvalue weighted by molar-refractivity contribution is 0.245. The van der Waals surface area contributed by atoms with Gasteiger partial charge in [0.2, 0.25) is 0 Å². The van der Waals surface area contributed by atoms with Crippen LogP contribution < -0.4 is 22.1 Å². The van der Waals surface area contributed by atoms with Gasteiger partial charge in [-0.15, -0.1) is 0 Å². The van der Waals surface area contributed by atoms with Gasteiger partial charge < -0.3 is 27.2 Å². The lowest BCUT2D eigenvalue weighted by Crippen LogP contribution is -2.40. The first-order valence-electron chi connectivity index (χ1n) is 10.7. The molecule has 0 bridgehead atoms. The Morgan fingerprint density at radius 3 is 2.38 bits per heavy atom. The number of nitrogens with one attached hydrogen (secondary N) is 2. The maximum absolute atomic E-state index is 13.4. The average Bonchev–Trinajstić information content (AvgIpc) is 3.49. The smallest absolute Gasteiger partial charge is 0.319 e. The van der Waals surface area contributed by atoms with E-state index in [-0.39, 0.29) is 29.9 Å². The van der Waals surface area contributed by atoms with Gasteiger partial charge in [-0.1, -0.05) is 19.4 Å². The normalized spacial score (nSPS) is 18.9. The van der Waals surface area contributed by atoms with Crippen molar-refractivity contribution in [3.8, 4) is 0 Å². The number of hydrogen-bond acceptors (Lipinski definition) is 6. The molecule has 7 N–H and O–H groups in total. The van der Waals surface area contributed by atoms with Crippen LogP contribution in [0.3, 0.4) is 0 Å². The SMILES string of the molecule is C=C(N)/C=C(\N=C(N)c1ccc(NC(=O)NCCO)cc1)C1(S(=O)(=O)C2CC2)CCCC1. The number of aliphatic hydroxyl groups is 1. The molecule has 1 aromatic carbocycles. The van der Waals surface area contributed by atoms with Crippen LogP contribution in [0.5, 0.6) is 0 Å². The zero-order valence-electron chi connectivity index (χ0n) is 18.0. The van der Waals surface area contributed by atoms with E-state index in [0.29, 0.717) is 42.6 Å². The van der Waals surface area contributed by atoms with Crippen molar-refractivity contribution >= 4 is 27.4 Å². The standard InChI is InChI=1S/C22H31N5O4S/c1-15(23)14-19(22(10-2-3-11-22)32(30,31)18-8-9-18)27-20(24)16-4-6-17(7-5-16)26-21(29)25-12-13-28/h4-7,14,18,28H,1-3,8-13,23H2,(H2,24,27)(H2,25,26,29)/b19-14-. The summed E-state index contributed by atoms with van der Waals surface area (Å²) in [5.74, 6) is 0.158. The molecule has 2 amide bonds. The molecule has 10 heteroatoms. The number of allylic oxidation sites excluding steroid dienone is 1. The van der Waals surface area contributed by atoms with Crippen molar-refractivity contribution in [2.24, 2.45) is 16.5 Å².